The van der Waals surface area contributed by atoms with Crippen molar-refractivity contribution in [2.75, 3.05) is 5.32 Å². The minimum absolute atomic E-state index is 0.240. The van der Waals surface area contributed by atoms with E-state index in [1.54, 1.807) is 34.0 Å². The summed E-state index contributed by atoms with van der Waals surface area (Å²) >= 11 is 0. The molecule has 3 rings (SSSR count). The number of rotatable bonds is 6. The Morgan fingerprint density at radius 2 is 1.87 bits per heavy atom. The Balaban J connectivity index is 1.63. The van der Waals surface area contributed by atoms with Gasteiger partial charge in [0.1, 0.15) is 0 Å². The molecule has 8 nitrogen and oxygen atoms in total. The summed E-state index contributed by atoms with van der Waals surface area (Å²) in [6, 6.07) is 1.70. The normalized spacial score (nSPS) is 10.9. The number of carbonyl (C=O) groups excluding carboxylic acids is 1. The standard InChI is InChI=1S/C15H19N7O/c1-3-20-6-5-14(19-20)15(23)18-13-8-17-22(11-13)10-12-7-16-21(4-2)9-12/h5-9,11H,3-4,10H2,1-2H3,(H,18,23). The third kappa shape index (κ3) is 3.47. The highest BCUT2D eigenvalue weighted by Crippen LogP contribution is 2.09. The summed E-state index contributed by atoms with van der Waals surface area (Å²) in [6.45, 7) is 6.19. The third-order valence-electron chi connectivity index (χ3n) is 3.44. The van der Waals surface area contributed by atoms with Gasteiger partial charge >= 0.3 is 0 Å². The Hall–Kier alpha value is -2.90. The molecular weight excluding hydrogens is 294 g/mol. The van der Waals surface area contributed by atoms with Gasteiger partial charge in [-0.1, -0.05) is 0 Å². The van der Waals surface area contributed by atoms with Gasteiger partial charge in [0.15, 0.2) is 5.69 Å². The first-order valence-corrected chi connectivity index (χ1v) is 7.56. The molecule has 0 radical (unpaired) electrons. The SMILES string of the molecule is CCn1cc(Cn2cc(NC(=O)c3ccn(CC)n3)cn2)cn1. The molecule has 0 bridgehead atoms. The first-order valence-electron chi connectivity index (χ1n) is 7.56. The van der Waals surface area contributed by atoms with Crippen molar-refractivity contribution in [2.45, 2.75) is 33.5 Å². The molecular formula is C15H19N7O. The van der Waals surface area contributed by atoms with Crippen LogP contribution in [0.15, 0.2) is 37.1 Å². The summed E-state index contributed by atoms with van der Waals surface area (Å²) in [4.78, 5) is 12.1. The van der Waals surface area contributed by atoms with Crippen molar-refractivity contribution in [1.82, 2.24) is 29.3 Å². The molecule has 3 aromatic rings. The van der Waals surface area contributed by atoms with E-state index in [4.69, 9.17) is 0 Å². The van der Waals surface area contributed by atoms with Crippen molar-refractivity contribution in [3.05, 3.63) is 48.3 Å². The second-order valence-electron chi connectivity index (χ2n) is 5.14. The largest absolute Gasteiger partial charge is 0.318 e. The summed E-state index contributed by atoms with van der Waals surface area (Å²) in [7, 11) is 0. The fourth-order valence-electron chi connectivity index (χ4n) is 2.22. The first kappa shape index (κ1) is 15.0. The second-order valence-corrected chi connectivity index (χ2v) is 5.14. The number of anilines is 1. The second kappa shape index (κ2) is 6.47. The Morgan fingerprint density at radius 1 is 1.09 bits per heavy atom. The van der Waals surface area contributed by atoms with Crippen molar-refractivity contribution < 1.29 is 4.79 Å². The molecule has 1 amide bonds. The number of hydrogen-bond donors (Lipinski definition) is 1. The minimum Gasteiger partial charge on any atom is -0.318 e. The smallest absolute Gasteiger partial charge is 0.276 e. The minimum atomic E-state index is -0.240. The zero-order valence-electron chi connectivity index (χ0n) is 13.2. The van der Waals surface area contributed by atoms with Crippen LogP contribution in [-0.2, 0) is 19.6 Å². The summed E-state index contributed by atoms with van der Waals surface area (Å²) in [5.41, 5.74) is 2.10. The lowest BCUT2D eigenvalue weighted by Crippen LogP contribution is -2.13. The van der Waals surface area contributed by atoms with Crippen molar-refractivity contribution in [2.24, 2.45) is 0 Å². The number of hydrogen-bond acceptors (Lipinski definition) is 4. The molecule has 23 heavy (non-hydrogen) atoms. The summed E-state index contributed by atoms with van der Waals surface area (Å²) in [5.74, 6) is -0.240. The number of aryl methyl sites for hydroxylation is 2. The predicted octanol–water partition coefficient (Wildman–Crippen LogP) is 1.62. The van der Waals surface area contributed by atoms with Crippen molar-refractivity contribution in [1.29, 1.82) is 0 Å². The maximum Gasteiger partial charge on any atom is 0.276 e. The highest BCUT2D eigenvalue weighted by molar-refractivity contribution is 6.02. The molecule has 120 valence electrons. The van der Waals surface area contributed by atoms with Crippen LogP contribution in [0, 0.1) is 0 Å². The van der Waals surface area contributed by atoms with Gasteiger partial charge in [-0.25, -0.2) is 0 Å². The van der Waals surface area contributed by atoms with Crippen molar-refractivity contribution in [3.63, 3.8) is 0 Å². The lowest BCUT2D eigenvalue weighted by Gasteiger charge is -1.99. The van der Waals surface area contributed by atoms with Crippen molar-refractivity contribution >= 4 is 11.6 Å². The number of carbonyl (C=O) groups is 1. The van der Waals surface area contributed by atoms with Gasteiger partial charge in [-0.2, -0.15) is 15.3 Å². The number of amides is 1. The van der Waals surface area contributed by atoms with Gasteiger partial charge < -0.3 is 5.32 Å². The van der Waals surface area contributed by atoms with Crippen LogP contribution in [0.1, 0.15) is 29.9 Å². The Kier molecular flexibility index (Phi) is 4.22. The zero-order chi connectivity index (χ0) is 16.2. The maximum absolute atomic E-state index is 12.1. The third-order valence-corrected chi connectivity index (χ3v) is 3.44. The van der Waals surface area contributed by atoms with E-state index in [1.165, 1.54) is 0 Å². The first-order chi connectivity index (χ1) is 11.2. The van der Waals surface area contributed by atoms with Gasteiger partial charge in [0.05, 0.1) is 24.6 Å². The van der Waals surface area contributed by atoms with E-state index in [0.29, 0.717) is 17.9 Å². The van der Waals surface area contributed by atoms with Gasteiger partial charge in [-0.05, 0) is 19.9 Å². The Bertz CT molecular complexity index is 798. The summed E-state index contributed by atoms with van der Waals surface area (Å²) in [5, 5.41) is 15.5. The lowest BCUT2D eigenvalue weighted by molar-refractivity contribution is 0.102. The monoisotopic (exact) mass is 313 g/mol. The molecule has 0 aromatic carbocycles. The van der Waals surface area contributed by atoms with E-state index < -0.39 is 0 Å². The molecule has 0 atom stereocenters. The molecule has 8 heteroatoms. The molecule has 0 saturated carbocycles. The summed E-state index contributed by atoms with van der Waals surface area (Å²) < 4.78 is 5.34. The molecule has 0 spiro atoms. The van der Waals surface area contributed by atoms with Gasteiger partial charge in [0, 0.05) is 37.2 Å². The maximum atomic E-state index is 12.1. The molecule has 0 saturated heterocycles. The molecule has 3 aromatic heterocycles. The molecule has 3 heterocycles. The number of aromatic nitrogens is 6. The van der Waals surface area contributed by atoms with E-state index in [-0.39, 0.29) is 5.91 Å². The molecule has 0 aliphatic heterocycles. The fourth-order valence-corrected chi connectivity index (χ4v) is 2.22. The van der Waals surface area contributed by atoms with Crippen LogP contribution < -0.4 is 5.32 Å². The predicted molar refractivity (Wildman–Crippen MR) is 85.1 cm³/mol. The van der Waals surface area contributed by atoms with Crippen LogP contribution in [0.3, 0.4) is 0 Å². The van der Waals surface area contributed by atoms with Crippen LogP contribution in [0.4, 0.5) is 5.69 Å². The van der Waals surface area contributed by atoms with Gasteiger partial charge in [-0.15, -0.1) is 0 Å². The molecule has 0 fully saturated rings. The van der Waals surface area contributed by atoms with Crippen LogP contribution in [0.5, 0.6) is 0 Å². The van der Waals surface area contributed by atoms with Gasteiger partial charge in [0.25, 0.3) is 5.91 Å². The van der Waals surface area contributed by atoms with E-state index in [9.17, 15) is 4.79 Å². The average molecular weight is 313 g/mol. The lowest BCUT2D eigenvalue weighted by atomic mass is 10.3. The summed E-state index contributed by atoms with van der Waals surface area (Å²) in [6.07, 6.45) is 9.00. The average Bonchev–Trinajstić information content (AvgIpc) is 3.28. The fraction of sp³-hybridized carbons (Fsp3) is 0.333. The van der Waals surface area contributed by atoms with Crippen LogP contribution in [0.25, 0.3) is 0 Å². The molecule has 1 N–H and O–H groups in total. The van der Waals surface area contributed by atoms with Crippen molar-refractivity contribution in [3.8, 4) is 0 Å². The number of nitrogens with zero attached hydrogens (tertiary/aromatic N) is 6. The van der Waals surface area contributed by atoms with E-state index in [0.717, 1.165) is 18.7 Å². The quantitative estimate of drug-likeness (QED) is 0.749. The highest BCUT2D eigenvalue weighted by atomic mass is 16.2. The molecule has 0 aliphatic rings. The van der Waals surface area contributed by atoms with Crippen LogP contribution >= 0.6 is 0 Å². The number of nitrogens with one attached hydrogen (secondary N) is 1. The van der Waals surface area contributed by atoms with Crippen LogP contribution in [0.2, 0.25) is 0 Å². The van der Waals surface area contributed by atoms with Gasteiger partial charge in [0.2, 0.25) is 0 Å². The van der Waals surface area contributed by atoms with Gasteiger partial charge in [-0.3, -0.25) is 18.8 Å². The molecule has 0 unspecified atom stereocenters. The van der Waals surface area contributed by atoms with E-state index in [2.05, 4.69) is 20.6 Å². The Labute approximate surface area is 133 Å². The van der Waals surface area contributed by atoms with Crippen LogP contribution in [-0.4, -0.2) is 35.2 Å². The highest BCUT2D eigenvalue weighted by Gasteiger charge is 2.11. The molecule has 0 aliphatic carbocycles. The Morgan fingerprint density at radius 3 is 2.57 bits per heavy atom. The van der Waals surface area contributed by atoms with E-state index >= 15 is 0 Å². The van der Waals surface area contributed by atoms with E-state index in [1.807, 2.05) is 30.9 Å². The topological polar surface area (TPSA) is 82.6 Å². The zero-order valence-corrected chi connectivity index (χ0v) is 13.2.